The van der Waals surface area contributed by atoms with Crippen molar-refractivity contribution in [3.05, 3.63) is 29.6 Å². The Morgan fingerprint density at radius 2 is 2.24 bits per heavy atom. The Hall–Kier alpha value is -1.03. The molecule has 1 aliphatic rings. The number of anilines is 1. The van der Waals surface area contributed by atoms with Gasteiger partial charge in [0, 0.05) is 17.0 Å². The van der Waals surface area contributed by atoms with Gasteiger partial charge in [0.15, 0.2) is 5.78 Å². The van der Waals surface area contributed by atoms with Gasteiger partial charge >= 0.3 is 0 Å². The predicted molar refractivity (Wildman–Crippen MR) is 70.4 cm³/mol. The smallest absolute Gasteiger partial charge is 0.164 e. The maximum Gasteiger partial charge on any atom is 0.164 e. The predicted octanol–water partition coefficient (Wildman–Crippen LogP) is 3.34. The fraction of sp³-hybridized carbons (Fsp3) is 0.462. The van der Waals surface area contributed by atoms with Gasteiger partial charge < -0.3 is 5.32 Å². The molecule has 1 aromatic rings. The van der Waals surface area contributed by atoms with Crippen LogP contribution in [0.4, 0.5) is 10.1 Å². The highest BCUT2D eigenvalue weighted by molar-refractivity contribution is 8.00. The number of rotatable bonds is 5. The Bertz CT molecular complexity index is 443. The molecule has 0 spiro atoms. The number of hydrogen-bond donors (Lipinski definition) is 1. The lowest BCUT2D eigenvalue weighted by molar-refractivity contribution is 0.101. The molecule has 17 heavy (non-hydrogen) atoms. The van der Waals surface area contributed by atoms with Crippen LogP contribution in [0.3, 0.4) is 0 Å². The van der Waals surface area contributed by atoms with Crippen molar-refractivity contribution in [2.75, 3.05) is 18.1 Å². The van der Waals surface area contributed by atoms with Crippen LogP contribution in [0, 0.1) is 5.82 Å². The molecule has 1 aromatic carbocycles. The minimum atomic E-state index is -0.448. The largest absolute Gasteiger partial charge is 0.383 e. The number of ketones is 1. The van der Waals surface area contributed by atoms with Gasteiger partial charge in [-0.15, -0.1) is 0 Å². The van der Waals surface area contributed by atoms with E-state index in [0.29, 0.717) is 10.4 Å². The Kier molecular flexibility index (Phi) is 3.43. The number of carbonyl (C=O) groups excluding carboxylic acids is 1. The molecule has 92 valence electrons. The van der Waals surface area contributed by atoms with E-state index in [-0.39, 0.29) is 11.3 Å². The van der Waals surface area contributed by atoms with Crippen molar-refractivity contribution in [2.45, 2.75) is 24.5 Å². The molecule has 4 heteroatoms. The number of benzene rings is 1. The number of thioether (sulfide) groups is 1. The molecule has 1 fully saturated rings. The fourth-order valence-electron chi connectivity index (χ4n) is 1.88. The second kappa shape index (κ2) is 4.69. The summed E-state index contributed by atoms with van der Waals surface area (Å²) in [4.78, 5) is 11.4. The normalized spacial score (nSPS) is 16.6. The third-order valence-corrected chi connectivity index (χ3v) is 4.63. The summed E-state index contributed by atoms with van der Waals surface area (Å²) in [5.74, 6) is -0.684. The van der Waals surface area contributed by atoms with Crippen molar-refractivity contribution in [1.29, 1.82) is 0 Å². The van der Waals surface area contributed by atoms with Crippen molar-refractivity contribution in [3.63, 3.8) is 0 Å². The van der Waals surface area contributed by atoms with Crippen LogP contribution in [0.15, 0.2) is 18.2 Å². The maximum atomic E-state index is 13.6. The van der Waals surface area contributed by atoms with Gasteiger partial charge in [-0.2, -0.15) is 11.8 Å². The second-order valence-corrected chi connectivity index (χ2v) is 5.73. The lowest BCUT2D eigenvalue weighted by atomic mass is 10.1. The summed E-state index contributed by atoms with van der Waals surface area (Å²) in [6.45, 7) is 2.18. The van der Waals surface area contributed by atoms with Crippen LogP contribution in [-0.2, 0) is 0 Å². The maximum absolute atomic E-state index is 13.6. The first-order valence-corrected chi connectivity index (χ1v) is 6.89. The van der Waals surface area contributed by atoms with Gasteiger partial charge in [-0.3, -0.25) is 4.79 Å². The molecular formula is C13H16FNOS. The quantitative estimate of drug-likeness (QED) is 0.816. The van der Waals surface area contributed by atoms with Crippen molar-refractivity contribution < 1.29 is 9.18 Å². The summed E-state index contributed by atoms with van der Waals surface area (Å²) in [6, 6.07) is 4.71. The Morgan fingerprint density at radius 3 is 2.76 bits per heavy atom. The lowest BCUT2D eigenvalue weighted by Gasteiger charge is -2.16. The van der Waals surface area contributed by atoms with E-state index in [1.165, 1.54) is 25.8 Å². The van der Waals surface area contributed by atoms with E-state index in [1.54, 1.807) is 12.1 Å². The summed E-state index contributed by atoms with van der Waals surface area (Å²) in [5, 5.41) is 3.21. The molecule has 0 aromatic heterocycles. The zero-order chi connectivity index (χ0) is 12.5. The van der Waals surface area contributed by atoms with Crippen LogP contribution in [-0.4, -0.2) is 23.3 Å². The standard InChI is InChI=1S/C13H16FNOS/c1-9(16)12-10(14)4-3-5-11(12)15-8-13(17-2)6-7-13/h3-5,15H,6-8H2,1-2H3. The van der Waals surface area contributed by atoms with Crippen molar-refractivity contribution in [1.82, 2.24) is 0 Å². The number of hydrogen-bond acceptors (Lipinski definition) is 3. The van der Waals surface area contributed by atoms with Gasteiger partial charge in [0.05, 0.1) is 5.56 Å². The number of carbonyl (C=O) groups is 1. The first-order valence-electron chi connectivity index (χ1n) is 5.66. The summed E-state index contributed by atoms with van der Waals surface area (Å²) < 4.78 is 13.8. The third-order valence-electron chi connectivity index (χ3n) is 3.21. The second-order valence-electron chi connectivity index (χ2n) is 4.46. The Balaban J connectivity index is 2.15. The molecule has 0 heterocycles. The average Bonchev–Trinajstić information content (AvgIpc) is 3.06. The molecule has 0 bridgehead atoms. The van der Waals surface area contributed by atoms with Crippen LogP contribution >= 0.6 is 11.8 Å². The van der Waals surface area contributed by atoms with Gasteiger partial charge in [0.1, 0.15) is 5.82 Å². The SMILES string of the molecule is CSC1(CNc2cccc(F)c2C(C)=O)CC1. The van der Waals surface area contributed by atoms with E-state index < -0.39 is 5.82 Å². The van der Waals surface area contributed by atoms with Gasteiger partial charge in [0.2, 0.25) is 0 Å². The zero-order valence-corrected chi connectivity index (χ0v) is 10.9. The Morgan fingerprint density at radius 1 is 1.53 bits per heavy atom. The molecule has 1 N–H and O–H groups in total. The average molecular weight is 253 g/mol. The highest BCUT2D eigenvalue weighted by Gasteiger charge is 2.41. The fourth-order valence-corrected chi connectivity index (χ4v) is 2.60. The third kappa shape index (κ3) is 2.63. The highest BCUT2D eigenvalue weighted by Crippen LogP contribution is 2.47. The molecule has 0 amide bonds. The highest BCUT2D eigenvalue weighted by atomic mass is 32.2. The molecule has 0 aliphatic heterocycles. The summed E-state index contributed by atoms with van der Waals surface area (Å²) in [6.07, 6.45) is 4.46. The van der Waals surface area contributed by atoms with Crippen molar-refractivity contribution in [3.8, 4) is 0 Å². The van der Waals surface area contributed by atoms with Crippen LogP contribution in [0.2, 0.25) is 0 Å². The van der Waals surface area contributed by atoms with Crippen LogP contribution < -0.4 is 5.32 Å². The van der Waals surface area contributed by atoms with Crippen LogP contribution in [0.25, 0.3) is 0 Å². The summed E-state index contributed by atoms with van der Waals surface area (Å²) in [7, 11) is 0. The first kappa shape index (κ1) is 12.4. The van der Waals surface area contributed by atoms with E-state index in [4.69, 9.17) is 0 Å². The van der Waals surface area contributed by atoms with E-state index in [9.17, 15) is 9.18 Å². The summed E-state index contributed by atoms with van der Waals surface area (Å²) >= 11 is 1.83. The van der Waals surface area contributed by atoms with Gasteiger partial charge in [-0.25, -0.2) is 4.39 Å². The van der Waals surface area contributed by atoms with Crippen LogP contribution in [0.5, 0.6) is 0 Å². The van der Waals surface area contributed by atoms with E-state index >= 15 is 0 Å². The first-order chi connectivity index (χ1) is 8.08. The molecule has 0 unspecified atom stereocenters. The van der Waals surface area contributed by atoms with E-state index in [2.05, 4.69) is 11.6 Å². The minimum Gasteiger partial charge on any atom is -0.383 e. The molecule has 2 nitrogen and oxygen atoms in total. The van der Waals surface area contributed by atoms with Gasteiger partial charge in [-0.05, 0) is 38.2 Å². The molecule has 2 rings (SSSR count). The minimum absolute atomic E-state index is 0.171. The molecule has 0 saturated heterocycles. The molecule has 0 radical (unpaired) electrons. The van der Waals surface area contributed by atoms with Crippen molar-refractivity contribution >= 4 is 23.2 Å². The topological polar surface area (TPSA) is 29.1 Å². The zero-order valence-electron chi connectivity index (χ0n) is 10.0. The molecule has 0 atom stereocenters. The van der Waals surface area contributed by atoms with Gasteiger partial charge in [0.25, 0.3) is 0 Å². The number of halogens is 1. The number of nitrogens with one attached hydrogen (secondary N) is 1. The lowest BCUT2D eigenvalue weighted by Crippen LogP contribution is -2.19. The van der Waals surface area contributed by atoms with E-state index in [0.717, 1.165) is 6.54 Å². The van der Waals surface area contributed by atoms with Crippen LogP contribution in [0.1, 0.15) is 30.1 Å². The molecule has 1 saturated carbocycles. The molecular weight excluding hydrogens is 237 g/mol. The monoisotopic (exact) mass is 253 g/mol. The molecule has 1 aliphatic carbocycles. The van der Waals surface area contributed by atoms with Crippen molar-refractivity contribution in [2.24, 2.45) is 0 Å². The summed E-state index contributed by atoms with van der Waals surface area (Å²) in [5.41, 5.74) is 0.780. The van der Waals surface area contributed by atoms with Gasteiger partial charge in [-0.1, -0.05) is 6.07 Å². The number of Topliss-reactive ketones (excluding diaryl/α,β-unsaturated/α-hetero) is 1. The Labute approximate surface area is 105 Å². The van der Waals surface area contributed by atoms with E-state index in [1.807, 2.05) is 11.8 Å².